The summed E-state index contributed by atoms with van der Waals surface area (Å²) in [5.41, 5.74) is 3.18. The van der Waals surface area contributed by atoms with Crippen LogP contribution in [-0.4, -0.2) is 35.3 Å². The molecule has 0 spiro atoms. The number of alkyl halides is 3. The summed E-state index contributed by atoms with van der Waals surface area (Å²) >= 11 is 0. The van der Waals surface area contributed by atoms with Crippen molar-refractivity contribution in [2.75, 3.05) is 13.7 Å². The maximum Gasteiger partial charge on any atom is 0.422 e. The second-order valence-electron chi connectivity index (χ2n) is 6.88. The molecule has 0 fully saturated rings. The zero-order chi connectivity index (χ0) is 22.1. The summed E-state index contributed by atoms with van der Waals surface area (Å²) in [7, 11) is 1.68. The van der Waals surface area contributed by atoms with Crippen molar-refractivity contribution in [3.05, 3.63) is 83.9 Å². The van der Waals surface area contributed by atoms with Crippen molar-refractivity contribution in [1.82, 2.24) is 20.2 Å². The molecule has 0 bridgehead atoms. The first kappa shape index (κ1) is 22.2. The van der Waals surface area contributed by atoms with Gasteiger partial charge < -0.3 is 19.9 Å². The largest absolute Gasteiger partial charge is 0.484 e. The molecule has 31 heavy (non-hydrogen) atoms. The van der Waals surface area contributed by atoms with Crippen LogP contribution < -0.4 is 15.4 Å². The topological polar surface area (TPSA) is 63.5 Å². The summed E-state index contributed by atoms with van der Waals surface area (Å²) in [6, 6.07) is 14.7. The van der Waals surface area contributed by atoms with Crippen molar-refractivity contribution in [2.45, 2.75) is 25.8 Å². The summed E-state index contributed by atoms with van der Waals surface area (Å²) in [5.74, 6) is 0.802. The van der Waals surface area contributed by atoms with Gasteiger partial charge in [0.25, 0.3) is 0 Å². The molecule has 0 saturated carbocycles. The molecule has 0 unspecified atom stereocenters. The Hall–Kier alpha value is -3.49. The Kier molecular flexibility index (Phi) is 7.53. The molecule has 1 aromatic heterocycles. The van der Waals surface area contributed by atoms with Crippen molar-refractivity contribution in [3.63, 3.8) is 0 Å². The molecule has 0 atom stereocenters. The van der Waals surface area contributed by atoms with Crippen LogP contribution in [0, 0.1) is 0 Å². The number of ether oxygens (including phenoxy) is 1. The van der Waals surface area contributed by atoms with Crippen LogP contribution in [0.1, 0.15) is 16.7 Å². The maximum atomic E-state index is 12.2. The van der Waals surface area contributed by atoms with Gasteiger partial charge in [0.1, 0.15) is 5.75 Å². The fourth-order valence-electron chi connectivity index (χ4n) is 2.89. The van der Waals surface area contributed by atoms with Crippen molar-refractivity contribution >= 4 is 5.96 Å². The Morgan fingerprint density at radius 2 is 1.74 bits per heavy atom. The van der Waals surface area contributed by atoms with E-state index in [9.17, 15) is 13.2 Å². The highest BCUT2D eigenvalue weighted by Gasteiger charge is 2.28. The van der Waals surface area contributed by atoms with E-state index in [1.165, 1.54) is 17.7 Å². The monoisotopic (exact) mass is 431 g/mol. The first-order valence-corrected chi connectivity index (χ1v) is 9.68. The van der Waals surface area contributed by atoms with Crippen molar-refractivity contribution < 1.29 is 17.9 Å². The number of rotatable bonds is 8. The highest BCUT2D eigenvalue weighted by Crippen LogP contribution is 2.18. The summed E-state index contributed by atoms with van der Waals surface area (Å²) in [4.78, 5) is 8.26. The third-order valence-corrected chi connectivity index (χ3v) is 4.39. The number of hydrogen-bond acceptors (Lipinski definition) is 3. The summed E-state index contributed by atoms with van der Waals surface area (Å²) < 4.78 is 43.4. The predicted octanol–water partition coefficient (Wildman–Crippen LogP) is 3.74. The van der Waals surface area contributed by atoms with Gasteiger partial charge in [-0.2, -0.15) is 13.2 Å². The Labute approximate surface area is 178 Å². The second-order valence-corrected chi connectivity index (χ2v) is 6.88. The molecule has 164 valence electrons. The normalized spacial score (nSPS) is 11.9. The fourth-order valence-corrected chi connectivity index (χ4v) is 2.89. The van der Waals surface area contributed by atoms with E-state index >= 15 is 0 Å². The molecule has 0 radical (unpaired) electrons. The molecule has 3 rings (SSSR count). The van der Waals surface area contributed by atoms with E-state index in [0.29, 0.717) is 19.0 Å². The van der Waals surface area contributed by atoms with Gasteiger partial charge in [0.2, 0.25) is 0 Å². The van der Waals surface area contributed by atoms with E-state index in [1.54, 1.807) is 31.7 Å². The molecule has 1 heterocycles. The van der Waals surface area contributed by atoms with Gasteiger partial charge in [0.15, 0.2) is 12.6 Å². The number of nitrogens with one attached hydrogen (secondary N) is 2. The number of hydrogen-bond donors (Lipinski definition) is 2. The van der Waals surface area contributed by atoms with Gasteiger partial charge >= 0.3 is 6.18 Å². The number of nitrogens with zero attached hydrogens (tertiary/aromatic N) is 3. The van der Waals surface area contributed by atoms with Crippen molar-refractivity contribution in [1.29, 1.82) is 0 Å². The lowest BCUT2D eigenvalue weighted by Gasteiger charge is -2.13. The number of halogens is 3. The lowest BCUT2D eigenvalue weighted by molar-refractivity contribution is -0.153. The van der Waals surface area contributed by atoms with E-state index in [2.05, 4.69) is 32.7 Å². The van der Waals surface area contributed by atoms with Crippen LogP contribution >= 0.6 is 0 Å². The Bertz CT molecular complexity index is 970. The van der Waals surface area contributed by atoms with E-state index in [4.69, 9.17) is 4.74 Å². The van der Waals surface area contributed by atoms with Gasteiger partial charge in [-0.1, -0.05) is 36.4 Å². The number of benzene rings is 2. The minimum absolute atomic E-state index is 0.180. The predicted molar refractivity (Wildman–Crippen MR) is 113 cm³/mol. The molecule has 3 aromatic rings. The van der Waals surface area contributed by atoms with E-state index in [-0.39, 0.29) is 5.75 Å². The van der Waals surface area contributed by atoms with Crippen LogP contribution in [0.4, 0.5) is 13.2 Å². The molecule has 0 aliphatic rings. The molecular weight excluding hydrogens is 407 g/mol. The number of aromatic nitrogens is 2. The molecule has 0 saturated heterocycles. The third kappa shape index (κ3) is 7.69. The van der Waals surface area contributed by atoms with Gasteiger partial charge in [-0.15, -0.1) is 0 Å². The van der Waals surface area contributed by atoms with Gasteiger partial charge in [-0.05, 0) is 28.8 Å². The molecule has 2 N–H and O–H groups in total. The van der Waals surface area contributed by atoms with Crippen molar-refractivity contribution in [2.24, 2.45) is 4.99 Å². The molecule has 2 aromatic carbocycles. The molecule has 6 nitrogen and oxygen atoms in total. The Morgan fingerprint density at radius 3 is 2.39 bits per heavy atom. The molecule has 9 heteroatoms. The molecule has 0 amide bonds. The fraction of sp³-hybridized carbons (Fsp3) is 0.273. The van der Waals surface area contributed by atoms with Crippen LogP contribution in [0.5, 0.6) is 5.75 Å². The average molecular weight is 431 g/mol. The quantitative estimate of drug-likeness (QED) is 0.421. The lowest BCUT2D eigenvalue weighted by Crippen LogP contribution is -2.36. The highest BCUT2D eigenvalue weighted by molar-refractivity contribution is 5.79. The summed E-state index contributed by atoms with van der Waals surface area (Å²) in [6.45, 7) is 0.524. The standard InChI is InChI=1S/C22H24F3N5O/c1-26-21(28-12-17-5-7-20(8-6-17)31-15-22(23,24)25)29-13-18-3-2-4-19(11-18)14-30-10-9-27-16-30/h2-11,16H,12-15H2,1H3,(H2,26,28,29). The molecule has 0 aliphatic heterocycles. The van der Waals surface area contributed by atoms with Gasteiger partial charge in [0, 0.05) is 39.1 Å². The van der Waals surface area contributed by atoms with Crippen molar-refractivity contribution in [3.8, 4) is 5.75 Å². The molecule has 0 aliphatic carbocycles. The zero-order valence-electron chi connectivity index (χ0n) is 17.1. The van der Waals surface area contributed by atoms with Crippen LogP contribution in [0.15, 0.2) is 72.2 Å². The van der Waals surface area contributed by atoms with Crippen LogP contribution in [0.2, 0.25) is 0 Å². The number of imidazole rings is 1. The Morgan fingerprint density at radius 1 is 1.03 bits per heavy atom. The van der Waals surface area contributed by atoms with E-state index in [1.807, 2.05) is 22.9 Å². The average Bonchev–Trinajstić information content (AvgIpc) is 3.26. The minimum atomic E-state index is -4.35. The number of guanidine groups is 1. The summed E-state index contributed by atoms with van der Waals surface area (Å²) in [6.07, 6.45) is 1.11. The molecular formula is C22H24F3N5O. The van der Waals surface area contributed by atoms with Gasteiger partial charge in [-0.3, -0.25) is 4.99 Å². The van der Waals surface area contributed by atoms with Crippen LogP contribution in [-0.2, 0) is 19.6 Å². The highest BCUT2D eigenvalue weighted by atomic mass is 19.4. The van der Waals surface area contributed by atoms with Gasteiger partial charge in [0.05, 0.1) is 6.33 Å². The smallest absolute Gasteiger partial charge is 0.422 e. The minimum Gasteiger partial charge on any atom is -0.484 e. The lowest BCUT2D eigenvalue weighted by atomic mass is 10.1. The van der Waals surface area contributed by atoms with Crippen LogP contribution in [0.25, 0.3) is 0 Å². The van der Waals surface area contributed by atoms with Crippen LogP contribution in [0.3, 0.4) is 0 Å². The zero-order valence-corrected chi connectivity index (χ0v) is 17.1. The maximum absolute atomic E-state index is 12.2. The first-order valence-electron chi connectivity index (χ1n) is 9.68. The SMILES string of the molecule is CN=C(NCc1ccc(OCC(F)(F)F)cc1)NCc1cccc(Cn2ccnc2)c1. The Balaban J connectivity index is 1.46. The summed E-state index contributed by atoms with van der Waals surface area (Å²) in [5, 5.41) is 6.45. The van der Waals surface area contributed by atoms with Gasteiger partial charge in [-0.25, -0.2) is 4.98 Å². The third-order valence-electron chi connectivity index (χ3n) is 4.39. The second kappa shape index (κ2) is 10.5. The van der Waals surface area contributed by atoms with E-state index < -0.39 is 12.8 Å². The number of aliphatic imine (C=N–C) groups is 1. The van der Waals surface area contributed by atoms with E-state index in [0.717, 1.165) is 17.7 Å². The first-order chi connectivity index (χ1) is 14.9.